The second-order valence-electron chi connectivity index (χ2n) is 3.18. The SMILES string of the molecule is [CH2-][NH+](C)C1CCCCC1. The molecule has 0 radical (unpaired) electrons. The van der Waals surface area contributed by atoms with Crippen LogP contribution in [0.25, 0.3) is 0 Å². The monoisotopic (exact) mass is 127 g/mol. The molecule has 0 aromatic heterocycles. The van der Waals surface area contributed by atoms with Gasteiger partial charge in [-0.05, 0) is 25.7 Å². The summed E-state index contributed by atoms with van der Waals surface area (Å²) in [5, 5.41) is 0. The van der Waals surface area contributed by atoms with E-state index < -0.39 is 0 Å². The molecule has 1 aliphatic carbocycles. The second kappa shape index (κ2) is 3.21. The van der Waals surface area contributed by atoms with Gasteiger partial charge in [0.1, 0.15) is 0 Å². The predicted molar refractivity (Wildman–Crippen MR) is 39.1 cm³/mol. The summed E-state index contributed by atoms with van der Waals surface area (Å²) >= 11 is 0. The Hall–Kier alpha value is -0.0400. The van der Waals surface area contributed by atoms with Crippen LogP contribution in [0.5, 0.6) is 0 Å². The van der Waals surface area contributed by atoms with Crippen molar-refractivity contribution in [3.63, 3.8) is 0 Å². The van der Waals surface area contributed by atoms with Crippen molar-refractivity contribution < 1.29 is 4.90 Å². The smallest absolute Gasteiger partial charge is 0.0633 e. The van der Waals surface area contributed by atoms with Gasteiger partial charge in [0.05, 0.1) is 6.04 Å². The first-order valence-electron chi connectivity index (χ1n) is 3.96. The maximum absolute atomic E-state index is 3.98. The molecule has 1 atom stereocenters. The van der Waals surface area contributed by atoms with Crippen molar-refractivity contribution in [3.8, 4) is 0 Å². The minimum Gasteiger partial charge on any atom is -0.468 e. The number of hydrogen-bond donors (Lipinski definition) is 1. The summed E-state index contributed by atoms with van der Waals surface area (Å²) < 4.78 is 0. The largest absolute Gasteiger partial charge is 0.468 e. The molecule has 0 aliphatic heterocycles. The molecule has 0 aromatic rings. The highest BCUT2D eigenvalue weighted by Crippen LogP contribution is 2.14. The van der Waals surface area contributed by atoms with E-state index in [2.05, 4.69) is 14.1 Å². The Morgan fingerprint density at radius 1 is 1.22 bits per heavy atom. The van der Waals surface area contributed by atoms with Gasteiger partial charge in [-0.15, -0.1) is 0 Å². The summed E-state index contributed by atoms with van der Waals surface area (Å²) in [5.41, 5.74) is 0. The molecular formula is C8H17N. The Balaban J connectivity index is 2.23. The van der Waals surface area contributed by atoms with E-state index in [1.165, 1.54) is 37.0 Å². The zero-order chi connectivity index (χ0) is 6.69. The first-order chi connectivity index (χ1) is 4.30. The Morgan fingerprint density at radius 2 is 1.78 bits per heavy atom. The molecule has 0 spiro atoms. The van der Waals surface area contributed by atoms with Gasteiger partial charge >= 0.3 is 0 Å². The van der Waals surface area contributed by atoms with Crippen molar-refractivity contribution in [3.05, 3.63) is 7.05 Å². The van der Waals surface area contributed by atoms with Crippen molar-refractivity contribution >= 4 is 0 Å². The van der Waals surface area contributed by atoms with Gasteiger partial charge in [-0.2, -0.15) is 7.05 Å². The van der Waals surface area contributed by atoms with Gasteiger partial charge in [0.2, 0.25) is 0 Å². The maximum atomic E-state index is 3.98. The van der Waals surface area contributed by atoms with E-state index in [9.17, 15) is 0 Å². The van der Waals surface area contributed by atoms with Gasteiger partial charge in [0.25, 0.3) is 0 Å². The van der Waals surface area contributed by atoms with Gasteiger partial charge in [0.15, 0.2) is 0 Å². The van der Waals surface area contributed by atoms with E-state index in [-0.39, 0.29) is 0 Å². The minimum absolute atomic E-state index is 0.860. The molecule has 0 bridgehead atoms. The van der Waals surface area contributed by atoms with Crippen LogP contribution in [0.1, 0.15) is 32.1 Å². The van der Waals surface area contributed by atoms with Crippen LogP contribution >= 0.6 is 0 Å². The fourth-order valence-corrected chi connectivity index (χ4v) is 1.60. The Morgan fingerprint density at radius 3 is 2.11 bits per heavy atom. The third-order valence-electron chi connectivity index (χ3n) is 2.30. The molecule has 9 heavy (non-hydrogen) atoms. The molecule has 1 heteroatoms. The van der Waals surface area contributed by atoms with Crippen molar-refractivity contribution in [1.29, 1.82) is 0 Å². The van der Waals surface area contributed by atoms with Crippen molar-refractivity contribution in [2.75, 3.05) is 7.05 Å². The third kappa shape index (κ3) is 1.98. The molecule has 1 rings (SSSR count). The van der Waals surface area contributed by atoms with Crippen LogP contribution in [0.3, 0.4) is 0 Å². The third-order valence-corrected chi connectivity index (χ3v) is 2.30. The quantitative estimate of drug-likeness (QED) is 0.493. The molecular weight excluding hydrogens is 110 g/mol. The van der Waals surface area contributed by atoms with Gasteiger partial charge in [0, 0.05) is 7.05 Å². The summed E-state index contributed by atoms with van der Waals surface area (Å²) in [5.74, 6) is 0. The van der Waals surface area contributed by atoms with E-state index in [1.54, 1.807) is 0 Å². The van der Waals surface area contributed by atoms with E-state index >= 15 is 0 Å². The van der Waals surface area contributed by atoms with Crippen LogP contribution in [0.2, 0.25) is 0 Å². The van der Waals surface area contributed by atoms with E-state index in [0.29, 0.717) is 0 Å². The topological polar surface area (TPSA) is 4.44 Å². The maximum Gasteiger partial charge on any atom is 0.0633 e. The van der Waals surface area contributed by atoms with E-state index in [1.807, 2.05) is 0 Å². The molecule has 0 amide bonds. The first kappa shape index (κ1) is 7.07. The molecule has 54 valence electrons. The number of rotatable bonds is 1. The zero-order valence-corrected chi connectivity index (χ0v) is 6.32. The summed E-state index contributed by atoms with van der Waals surface area (Å²) in [4.78, 5) is 1.40. The highest BCUT2D eigenvalue weighted by Gasteiger charge is 2.14. The van der Waals surface area contributed by atoms with Gasteiger partial charge < -0.3 is 4.90 Å². The molecule has 0 heterocycles. The van der Waals surface area contributed by atoms with Crippen molar-refractivity contribution in [2.45, 2.75) is 38.1 Å². The lowest BCUT2D eigenvalue weighted by atomic mass is 9.95. The summed E-state index contributed by atoms with van der Waals surface area (Å²) in [6, 6.07) is 0.860. The summed E-state index contributed by atoms with van der Waals surface area (Å²) in [7, 11) is 6.14. The number of hydrogen-bond acceptors (Lipinski definition) is 0. The first-order valence-corrected chi connectivity index (χ1v) is 3.96. The van der Waals surface area contributed by atoms with Crippen molar-refractivity contribution in [2.24, 2.45) is 0 Å². The summed E-state index contributed by atoms with van der Waals surface area (Å²) in [6.45, 7) is 0. The Bertz CT molecular complexity index is 72.6. The molecule has 0 aromatic carbocycles. The second-order valence-corrected chi connectivity index (χ2v) is 3.18. The predicted octanol–water partition coefficient (Wildman–Crippen LogP) is 0.625. The fourth-order valence-electron chi connectivity index (χ4n) is 1.60. The molecule has 1 unspecified atom stereocenters. The van der Waals surface area contributed by atoms with E-state index in [4.69, 9.17) is 0 Å². The molecule has 1 aliphatic rings. The standard InChI is InChI=1S/C8H17N/c1-9(2)8-6-4-3-5-7-8/h8-9H,1,3-7H2,2H3. The van der Waals surface area contributed by atoms with Crippen LogP contribution in [0.4, 0.5) is 0 Å². The lowest BCUT2D eigenvalue weighted by molar-refractivity contribution is -0.861. The van der Waals surface area contributed by atoms with Crippen LogP contribution in [0.15, 0.2) is 0 Å². The van der Waals surface area contributed by atoms with Gasteiger partial charge in [-0.3, -0.25) is 0 Å². The normalized spacial score (nSPS) is 26.0. The molecule has 1 N–H and O–H groups in total. The molecule has 1 fully saturated rings. The lowest BCUT2D eigenvalue weighted by Crippen LogP contribution is -3.08. The molecule has 1 nitrogen and oxygen atoms in total. The van der Waals surface area contributed by atoms with Crippen molar-refractivity contribution in [1.82, 2.24) is 0 Å². The molecule has 1 saturated carbocycles. The van der Waals surface area contributed by atoms with Gasteiger partial charge in [-0.1, -0.05) is 6.42 Å². The highest BCUT2D eigenvalue weighted by molar-refractivity contribution is 4.62. The van der Waals surface area contributed by atoms with Crippen LogP contribution in [-0.2, 0) is 0 Å². The summed E-state index contributed by atoms with van der Waals surface area (Å²) in [6.07, 6.45) is 7.10. The van der Waals surface area contributed by atoms with Gasteiger partial charge in [-0.25, -0.2) is 0 Å². The average Bonchev–Trinajstić information content (AvgIpc) is 1.90. The average molecular weight is 127 g/mol. The number of nitrogens with one attached hydrogen (secondary N) is 1. The van der Waals surface area contributed by atoms with Crippen LogP contribution in [-0.4, -0.2) is 13.1 Å². The highest BCUT2D eigenvalue weighted by atomic mass is 15.1. The Kier molecular flexibility index (Phi) is 2.52. The van der Waals surface area contributed by atoms with Crippen LogP contribution < -0.4 is 4.90 Å². The number of quaternary nitrogens is 1. The zero-order valence-electron chi connectivity index (χ0n) is 6.32. The Labute approximate surface area is 58.0 Å². The molecule has 0 saturated heterocycles. The van der Waals surface area contributed by atoms with E-state index in [0.717, 1.165) is 6.04 Å². The fraction of sp³-hybridized carbons (Fsp3) is 0.875. The van der Waals surface area contributed by atoms with Crippen LogP contribution in [0, 0.1) is 7.05 Å². The lowest BCUT2D eigenvalue weighted by Gasteiger charge is -2.29. The minimum atomic E-state index is 0.860.